The smallest absolute Gasteiger partial charge is 0.303 e. The molecule has 0 unspecified atom stereocenters. The van der Waals surface area contributed by atoms with E-state index in [0.717, 1.165) is 13.1 Å². The Labute approximate surface area is 94.1 Å². The van der Waals surface area contributed by atoms with Gasteiger partial charge < -0.3 is 10.4 Å². The summed E-state index contributed by atoms with van der Waals surface area (Å²) in [7, 11) is 0. The molecule has 84 valence electrons. The van der Waals surface area contributed by atoms with Gasteiger partial charge in [0.1, 0.15) is 0 Å². The molecule has 0 radical (unpaired) electrons. The lowest BCUT2D eigenvalue weighted by Crippen LogP contribution is -2.15. The fraction of sp³-hybridized carbons (Fsp3) is 0.545. The van der Waals surface area contributed by atoms with Crippen LogP contribution in [0.2, 0.25) is 0 Å². The highest BCUT2D eigenvalue weighted by atomic mass is 32.1. The van der Waals surface area contributed by atoms with Crippen molar-refractivity contribution in [2.24, 2.45) is 0 Å². The molecule has 15 heavy (non-hydrogen) atoms. The number of carbonyl (C=O) groups is 1. The third kappa shape index (κ3) is 4.44. The number of carboxylic acids is 1. The molecule has 0 aliphatic carbocycles. The molecule has 4 heteroatoms. The van der Waals surface area contributed by atoms with Crippen molar-refractivity contribution in [2.75, 3.05) is 6.54 Å². The van der Waals surface area contributed by atoms with E-state index in [1.54, 1.807) is 11.3 Å². The number of thiophene rings is 1. The summed E-state index contributed by atoms with van der Waals surface area (Å²) in [6, 6.07) is 2.18. The zero-order valence-corrected chi connectivity index (χ0v) is 9.99. The number of aryl methyl sites for hydroxylation is 2. The van der Waals surface area contributed by atoms with Gasteiger partial charge in [0.25, 0.3) is 0 Å². The second kappa shape index (κ2) is 5.88. The van der Waals surface area contributed by atoms with Gasteiger partial charge in [0.2, 0.25) is 0 Å². The van der Waals surface area contributed by atoms with Crippen molar-refractivity contribution in [3.05, 3.63) is 21.4 Å². The average molecular weight is 227 g/mol. The Hall–Kier alpha value is -0.870. The van der Waals surface area contributed by atoms with Crippen LogP contribution >= 0.6 is 11.3 Å². The number of carboxylic acid groups (broad SMARTS) is 1. The lowest BCUT2D eigenvalue weighted by atomic mass is 10.2. The summed E-state index contributed by atoms with van der Waals surface area (Å²) in [4.78, 5) is 12.9. The number of hydrogen-bond donors (Lipinski definition) is 2. The van der Waals surface area contributed by atoms with Crippen molar-refractivity contribution >= 4 is 17.3 Å². The number of aliphatic carboxylic acids is 1. The van der Waals surface area contributed by atoms with Crippen LogP contribution < -0.4 is 5.32 Å². The lowest BCUT2D eigenvalue weighted by molar-refractivity contribution is -0.137. The first-order valence-corrected chi connectivity index (χ1v) is 5.89. The van der Waals surface area contributed by atoms with Gasteiger partial charge >= 0.3 is 5.97 Å². The highest BCUT2D eigenvalue weighted by Crippen LogP contribution is 2.20. The second-order valence-corrected chi connectivity index (χ2v) is 5.07. The van der Waals surface area contributed by atoms with Gasteiger partial charge in [-0.3, -0.25) is 4.79 Å². The summed E-state index contributed by atoms with van der Waals surface area (Å²) in [6.45, 7) is 5.83. The molecule has 2 N–H and O–H groups in total. The van der Waals surface area contributed by atoms with Crippen LogP contribution in [0.15, 0.2) is 6.07 Å². The maximum atomic E-state index is 10.3. The monoisotopic (exact) mass is 227 g/mol. The fourth-order valence-corrected chi connectivity index (χ4v) is 2.39. The highest BCUT2D eigenvalue weighted by molar-refractivity contribution is 7.12. The number of nitrogens with one attached hydrogen (secondary N) is 1. The Balaban J connectivity index is 2.20. The largest absolute Gasteiger partial charge is 0.481 e. The topological polar surface area (TPSA) is 49.3 Å². The van der Waals surface area contributed by atoms with E-state index >= 15 is 0 Å². The molecule has 0 aromatic carbocycles. The third-order valence-electron chi connectivity index (χ3n) is 2.20. The molecular weight excluding hydrogens is 210 g/mol. The van der Waals surface area contributed by atoms with E-state index in [4.69, 9.17) is 5.11 Å². The van der Waals surface area contributed by atoms with E-state index in [0.29, 0.717) is 6.42 Å². The first-order chi connectivity index (χ1) is 7.09. The Morgan fingerprint density at radius 1 is 1.53 bits per heavy atom. The zero-order valence-electron chi connectivity index (χ0n) is 9.17. The van der Waals surface area contributed by atoms with Crippen LogP contribution in [-0.4, -0.2) is 17.6 Å². The first-order valence-electron chi connectivity index (χ1n) is 5.08. The van der Waals surface area contributed by atoms with Crippen LogP contribution in [0.5, 0.6) is 0 Å². The predicted octanol–water partition coefficient (Wildman–Crippen LogP) is 2.32. The lowest BCUT2D eigenvalue weighted by Gasteiger charge is -2.02. The first kappa shape index (κ1) is 12.2. The Kier molecular flexibility index (Phi) is 4.78. The van der Waals surface area contributed by atoms with E-state index in [-0.39, 0.29) is 6.42 Å². The Morgan fingerprint density at radius 3 is 2.80 bits per heavy atom. The molecule has 0 bridgehead atoms. The van der Waals surface area contributed by atoms with Crippen molar-refractivity contribution in [3.63, 3.8) is 0 Å². The van der Waals surface area contributed by atoms with E-state index in [9.17, 15) is 4.79 Å². The molecule has 0 fully saturated rings. The molecule has 1 heterocycles. The van der Waals surface area contributed by atoms with Gasteiger partial charge in [0, 0.05) is 22.7 Å². The maximum Gasteiger partial charge on any atom is 0.303 e. The van der Waals surface area contributed by atoms with E-state index in [1.165, 1.54) is 15.3 Å². The molecule has 0 aliphatic heterocycles. The van der Waals surface area contributed by atoms with Gasteiger partial charge in [-0.05, 0) is 38.4 Å². The third-order valence-corrected chi connectivity index (χ3v) is 3.21. The van der Waals surface area contributed by atoms with Crippen LogP contribution in [0.25, 0.3) is 0 Å². The molecular formula is C11H17NO2S. The quantitative estimate of drug-likeness (QED) is 0.733. The van der Waals surface area contributed by atoms with Crippen LogP contribution in [-0.2, 0) is 11.3 Å². The van der Waals surface area contributed by atoms with Crippen molar-refractivity contribution in [1.29, 1.82) is 0 Å². The minimum absolute atomic E-state index is 0.245. The molecule has 1 rings (SSSR count). The van der Waals surface area contributed by atoms with Crippen LogP contribution in [0.3, 0.4) is 0 Å². The van der Waals surface area contributed by atoms with E-state index in [2.05, 4.69) is 25.2 Å². The molecule has 0 amide bonds. The Morgan fingerprint density at radius 2 is 2.27 bits per heavy atom. The SMILES string of the molecule is Cc1cc(CNCCCC(=O)O)c(C)s1. The highest BCUT2D eigenvalue weighted by Gasteiger charge is 2.02. The van der Waals surface area contributed by atoms with Gasteiger partial charge in [-0.15, -0.1) is 11.3 Å². The normalized spacial score (nSPS) is 10.5. The number of hydrogen-bond acceptors (Lipinski definition) is 3. The molecule has 0 aliphatic rings. The molecule has 0 saturated heterocycles. The van der Waals surface area contributed by atoms with Crippen molar-refractivity contribution in [1.82, 2.24) is 5.32 Å². The number of rotatable bonds is 6. The minimum atomic E-state index is -0.723. The van der Waals surface area contributed by atoms with E-state index < -0.39 is 5.97 Å². The maximum absolute atomic E-state index is 10.3. The zero-order chi connectivity index (χ0) is 11.3. The van der Waals surface area contributed by atoms with E-state index in [1.807, 2.05) is 0 Å². The molecule has 0 saturated carbocycles. The molecule has 0 spiro atoms. The van der Waals surface area contributed by atoms with Crippen LogP contribution in [0.4, 0.5) is 0 Å². The summed E-state index contributed by atoms with van der Waals surface area (Å²) in [6.07, 6.45) is 0.937. The average Bonchev–Trinajstić information content (AvgIpc) is 2.44. The van der Waals surface area contributed by atoms with Crippen molar-refractivity contribution < 1.29 is 9.90 Å². The van der Waals surface area contributed by atoms with Gasteiger partial charge in [-0.25, -0.2) is 0 Å². The summed E-state index contributed by atoms with van der Waals surface area (Å²) in [5.74, 6) is -0.723. The minimum Gasteiger partial charge on any atom is -0.481 e. The van der Waals surface area contributed by atoms with Gasteiger partial charge in [-0.2, -0.15) is 0 Å². The summed E-state index contributed by atoms with van der Waals surface area (Å²) in [5, 5.41) is 11.7. The molecule has 1 aromatic heterocycles. The van der Waals surface area contributed by atoms with Crippen molar-refractivity contribution in [3.8, 4) is 0 Å². The summed E-state index contributed by atoms with van der Waals surface area (Å²) in [5.41, 5.74) is 1.33. The fourth-order valence-electron chi connectivity index (χ4n) is 1.45. The van der Waals surface area contributed by atoms with Gasteiger partial charge in [0.15, 0.2) is 0 Å². The van der Waals surface area contributed by atoms with Crippen molar-refractivity contribution in [2.45, 2.75) is 33.2 Å². The van der Waals surface area contributed by atoms with Crippen LogP contribution in [0.1, 0.15) is 28.2 Å². The molecule has 3 nitrogen and oxygen atoms in total. The second-order valence-electron chi connectivity index (χ2n) is 3.61. The van der Waals surface area contributed by atoms with Crippen LogP contribution in [0, 0.1) is 13.8 Å². The summed E-state index contributed by atoms with van der Waals surface area (Å²) < 4.78 is 0. The van der Waals surface area contributed by atoms with Gasteiger partial charge in [0.05, 0.1) is 0 Å². The summed E-state index contributed by atoms with van der Waals surface area (Å²) >= 11 is 1.80. The Bertz CT molecular complexity index is 333. The van der Waals surface area contributed by atoms with Gasteiger partial charge in [-0.1, -0.05) is 0 Å². The molecule has 1 aromatic rings. The standard InChI is InChI=1S/C11H17NO2S/c1-8-6-10(9(2)15-8)7-12-5-3-4-11(13)14/h6,12H,3-5,7H2,1-2H3,(H,13,14). The predicted molar refractivity (Wildman–Crippen MR) is 62.4 cm³/mol. The molecule has 0 atom stereocenters.